The molecule has 1 saturated heterocycles. The third kappa shape index (κ3) is 4.32. The van der Waals surface area contributed by atoms with Crippen LogP contribution in [0, 0.1) is 0 Å². The third-order valence-corrected chi connectivity index (χ3v) is 4.36. The molecule has 0 amide bonds. The van der Waals surface area contributed by atoms with E-state index in [4.69, 9.17) is 4.74 Å². The lowest BCUT2D eigenvalue weighted by Crippen LogP contribution is -2.26. The van der Waals surface area contributed by atoms with Gasteiger partial charge in [-0.25, -0.2) is 0 Å². The molecule has 0 atom stereocenters. The lowest BCUT2D eigenvalue weighted by molar-refractivity contribution is 0.0158. The second-order valence-corrected chi connectivity index (χ2v) is 6.23. The first kappa shape index (κ1) is 14.5. The average molecular weight is 261 g/mol. The molecule has 0 unspecified atom stereocenters. The summed E-state index contributed by atoms with van der Waals surface area (Å²) in [7, 11) is 1.79. The summed E-state index contributed by atoms with van der Waals surface area (Å²) < 4.78 is 5.47. The van der Waals surface area contributed by atoms with Gasteiger partial charge in [0.1, 0.15) is 0 Å². The Hall–Kier alpha value is -0.860. The van der Waals surface area contributed by atoms with Gasteiger partial charge in [0.15, 0.2) is 0 Å². The summed E-state index contributed by atoms with van der Waals surface area (Å²) in [4.78, 5) is 0. The van der Waals surface area contributed by atoms with Gasteiger partial charge in [0, 0.05) is 7.11 Å². The number of hydrogen-bond acceptors (Lipinski definition) is 2. The molecule has 0 aliphatic carbocycles. The van der Waals surface area contributed by atoms with E-state index in [0.717, 1.165) is 31.8 Å². The number of hydrogen-bond donors (Lipinski definition) is 1. The zero-order chi connectivity index (χ0) is 13.7. The van der Waals surface area contributed by atoms with Crippen LogP contribution in [0.5, 0.6) is 0 Å². The van der Waals surface area contributed by atoms with Gasteiger partial charge in [0.2, 0.25) is 0 Å². The van der Waals surface area contributed by atoms with E-state index in [1.54, 1.807) is 7.11 Å². The number of benzene rings is 1. The molecule has 1 aliphatic rings. The summed E-state index contributed by atoms with van der Waals surface area (Å²) in [6.07, 6.45) is 4.70. The SMILES string of the molecule is COC(C)(C)CCc1ccc(C2CCNCC2)cc1. The minimum Gasteiger partial charge on any atom is -0.379 e. The highest BCUT2D eigenvalue weighted by Crippen LogP contribution is 2.26. The van der Waals surface area contributed by atoms with Crippen molar-refractivity contribution in [2.24, 2.45) is 0 Å². The van der Waals surface area contributed by atoms with Crippen LogP contribution in [-0.4, -0.2) is 25.8 Å². The zero-order valence-electron chi connectivity index (χ0n) is 12.5. The highest BCUT2D eigenvalue weighted by atomic mass is 16.5. The van der Waals surface area contributed by atoms with Crippen LogP contribution in [0.1, 0.15) is 50.2 Å². The van der Waals surface area contributed by atoms with Crippen molar-refractivity contribution in [3.05, 3.63) is 35.4 Å². The van der Waals surface area contributed by atoms with Crippen LogP contribution in [0.4, 0.5) is 0 Å². The van der Waals surface area contributed by atoms with Gasteiger partial charge in [-0.1, -0.05) is 24.3 Å². The van der Waals surface area contributed by atoms with Crippen molar-refractivity contribution in [1.82, 2.24) is 5.32 Å². The predicted octanol–water partition coefficient (Wildman–Crippen LogP) is 3.51. The van der Waals surface area contributed by atoms with Gasteiger partial charge in [0.25, 0.3) is 0 Å². The molecule has 0 spiro atoms. The minimum atomic E-state index is -0.0201. The first-order valence-electron chi connectivity index (χ1n) is 7.45. The van der Waals surface area contributed by atoms with E-state index in [2.05, 4.69) is 43.4 Å². The van der Waals surface area contributed by atoms with Crippen LogP contribution < -0.4 is 5.32 Å². The Kier molecular flexibility index (Phi) is 5.00. The number of nitrogens with one attached hydrogen (secondary N) is 1. The maximum Gasteiger partial charge on any atom is 0.0625 e. The fourth-order valence-electron chi connectivity index (χ4n) is 2.66. The molecule has 1 aromatic rings. The number of rotatable bonds is 5. The zero-order valence-corrected chi connectivity index (χ0v) is 12.5. The summed E-state index contributed by atoms with van der Waals surface area (Å²) >= 11 is 0. The van der Waals surface area contributed by atoms with E-state index in [0.29, 0.717) is 0 Å². The fourth-order valence-corrected chi connectivity index (χ4v) is 2.66. The second-order valence-electron chi connectivity index (χ2n) is 6.23. The molecule has 0 bridgehead atoms. The molecular formula is C17H27NO. The summed E-state index contributed by atoms with van der Waals surface area (Å²) in [6.45, 7) is 6.62. The van der Waals surface area contributed by atoms with Crippen molar-refractivity contribution in [1.29, 1.82) is 0 Å². The molecule has 1 N–H and O–H groups in total. The van der Waals surface area contributed by atoms with Gasteiger partial charge in [-0.2, -0.15) is 0 Å². The van der Waals surface area contributed by atoms with Crippen LogP contribution in [-0.2, 0) is 11.2 Å². The largest absolute Gasteiger partial charge is 0.379 e. The molecule has 2 nitrogen and oxygen atoms in total. The second kappa shape index (κ2) is 6.53. The summed E-state index contributed by atoms with van der Waals surface area (Å²) in [5.41, 5.74) is 2.91. The summed E-state index contributed by atoms with van der Waals surface area (Å²) in [5, 5.41) is 3.43. The minimum absolute atomic E-state index is 0.0201. The molecule has 1 aromatic carbocycles. The van der Waals surface area contributed by atoms with Gasteiger partial charge in [-0.3, -0.25) is 0 Å². The average Bonchev–Trinajstić information content (AvgIpc) is 2.47. The first-order valence-corrected chi connectivity index (χ1v) is 7.45. The third-order valence-electron chi connectivity index (χ3n) is 4.36. The van der Waals surface area contributed by atoms with Crippen molar-refractivity contribution < 1.29 is 4.74 Å². The highest BCUT2D eigenvalue weighted by molar-refractivity contribution is 5.26. The van der Waals surface area contributed by atoms with Crippen molar-refractivity contribution >= 4 is 0 Å². The fraction of sp³-hybridized carbons (Fsp3) is 0.647. The molecule has 2 rings (SSSR count). The van der Waals surface area contributed by atoms with Crippen molar-refractivity contribution in [3.8, 4) is 0 Å². The molecule has 1 heterocycles. The van der Waals surface area contributed by atoms with Gasteiger partial charge < -0.3 is 10.1 Å². The smallest absolute Gasteiger partial charge is 0.0625 e. The molecule has 0 radical (unpaired) electrons. The van der Waals surface area contributed by atoms with Crippen LogP contribution in [0.15, 0.2) is 24.3 Å². The van der Waals surface area contributed by atoms with Crippen LogP contribution >= 0.6 is 0 Å². The monoisotopic (exact) mass is 261 g/mol. The van der Waals surface area contributed by atoms with Crippen molar-refractivity contribution in [2.45, 2.75) is 51.0 Å². The molecule has 2 heteroatoms. The lowest BCUT2D eigenvalue weighted by Gasteiger charge is -2.24. The number of ether oxygens (including phenoxy) is 1. The van der Waals surface area contributed by atoms with E-state index < -0.39 is 0 Å². The highest BCUT2D eigenvalue weighted by Gasteiger charge is 2.17. The van der Waals surface area contributed by atoms with E-state index in [1.807, 2.05) is 0 Å². The molecule has 1 aliphatic heterocycles. The maximum atomic E-state index is 5.47. The molecule has 19 heavy (non-hydrogen) atoms. The number of piperidine rings is 1. The Morgan fingerprint density at radius 1 is 1.16 bits per heavy atom. The Labute approximate surface area is 117 Å². The Morgan fingerprint density at radius 2 is 1.79 bits per heavy atom. The maximum absolute atomic E-state index is 5.47. The van der Waals surface area contributed by atoms with Gasteiger partial charge in [-0.05, 0) is 69.7 Å². The Bertz CT molecular complexity index is 377. The Morgan fingerprint density at radius 3 is 2.37 bits per heavy atom. The lowest BCUT2D eigenvalue weighted by atomic mass is 9.89. The molecule has 1 fully saturated rings. The standard InChI is InChI=1S/C17H27NO/c1-17(2,19-3)11-8-14-4-6-15(7-5-14)16-9-12-18-13-10-16/h4-7,16,18H,8-13H2,1-3H3. The molecule has 0 saturated carbocycles. The van der Waals surface area contributed by atoms with E-state index in [-0.39, 0.29) is 5.60 Å². The normalized spacial score (nSPS) is 17.6. The predicted molar refractivity (Wildman–Crippen MR) is 80.7 cm³/mol. The van der Waals surface area contributed by atoms with Crippen LogP contribution in [0.25, 0.3) is 0 Å². The topological polar surface area (TPSA) is 21.3 Å². The molecule has 106 valence electrons. The van der Waals surface area contributed by atoms with Gasteiger partial charge in [0.05, 0.1) is 5.60 Å². The van der Waals surface area contributed by atoms with E-state index in [9.17, 15) is 0 Å². The molecular weight excluding hydrogens is 234 g/mol. The quantitative estimate of drug-likeness (QED) is 0.875. The summed E-state index contributed by atoms with van der Waals surface area (Å²) in [6, 6.07) is 9.24. The number of aryl methyl sites for hydroxylation is 1. The van der Waals surface area contributed by atoms with Gasteiger partial charge in [-0.15, -0.1) is 0 Å². The van der Waals surface area contributed by atoms with Crippen LogP contribution in [0.2, 0.25) is 0 Å². The van der Waals surface area contributed by atoms with Crippen molar-refractivity contribution in [3.63, 3.8) is 0 Å². The van der Waals surface area contributed by atoms with Gasteiger partial charge >= 0.3 is 0 Å². The van der Waals surface area contributed by atoms with E-state index >= 15 is 0 Å². The van der Waals surface area contributed by atoms with E-state index in [1.165, 1.54) is 24.0 Å². The summed E-state index contributed by atoms with van der Waals surface area (Å²) in [5.74, 6) is 0.755. The number of methoxy groups -OCH3 is 1. The first-order chi connectivity index (χ1) is 9.11. The van der Waals surface area contributed by atoms with Crippen LogP contribution in [0.3, 0.4) is 0 Å². The molecule has 0 aromatic heterocycles. The van der Waals surface area contributed by atoms with Crippen molar-refractivity contribution in [2.75, 3.05) is 20.2 Å². The Balaban J connectivity index is 1.91.